The lowest BCUT2D eigenvalue weighted by Gasteiger charge is -2.12. The number of amides is 1. The van der Waals surface area contributed by atoms with Gasteiger partial charge in [-0.3, -0.25) is 9.78 Å². The molecule has 1 heterocycles. The summed E-state index contributed by atoms with van der Waals surface area (Å²) in [6.07, 6.45) is 6.15. The number of anilines is 1. The van der Waals surface area contributed by atoms with Crippen LogP contribution in [0.1, 0.15) is 19.3 Å². The number of pyridine rings is 1. The van der Waals surface area contributed by atoms with Crippen LogP contribution in [0.3, 0.4) is 0 Å². The smallest absolute Gasteiger partial charge is 0.227 e. The van der Waals surface area contributed by atoms with Crippen LogP contribution in [-0.4, -0.2) is 16.9 Å². The number of carbonyl (C=O) groups excluding carboxylic acids is 1. The molecule has 4 nitrogen and oxygen atoms in total. The van der Waals surface area contributed by atoms with Gasteiger partial charge in [-0.05, 0) is 36.8 Å². The van der Waals surface area contributed by atoms with Crippen molar-refractivity contribution in [2.75, 3.05) is 5.32 Å². The number of nitrogens with one attached hydrogen (secondary N) is 1. The largest absolute Gasteiger partial charge is 0.328 e. The van der Waals surface area contributed by atoms with Crippen LogP contribution < -0.4 is 11.1 Å². The summed E-state index contributed by atoms with van der Waals surface area (Å²) in [5, 5.41) is 5.07. The van der Waals surface area contributed by atoms with Crippen molar-refractivity contribution in [2.45, 2.75) is 25.3 Å². The lowest BCUT2D eigenvalue weighted by Crippen LogP contribution is -2.23. The molecule has 0 saturated heterocycles. The molecule has 1 aromatic carbocycles. The molecule has 98 valence electrons. The minimum Gasteiger partial charge on any atom is -0.328 e. The van der Waals surface area contributed by atoms with Gasteiger partial charge in [-0.15, -0.1) is 0 Å². The van der Waals surface area contributed by atoms with Crippen LogP contribution in [0.25, 0.3) is 10.8 Å². The number of nitrogens with two attached hydrogens (primary N) is 1. The van der Waals surface area contributed by atoms with E-state index in [0.717, 1.165) is 35.7 Å². The van der Waals surface area contributed by atoms with Crippen molar-refractivity contribution in [2.24, 2.45) is 11.7 Å². The van der Waals surface area contributed by atoms with E-state index >= 15 is 0 Å². The van der Waals surface area contributed by atoms with Crippen molar-refractivity contribution < 1.29 is 4.79 Å². The first-order valence-electron chi connectivity index (χ1n) is 6.63. The first-order chi connectivity index (χ1) is 9.24. The van der Waals surface area contributed by atoms with Crippen LogP contribution in [0, 0.1) is 5.92 Å². The summed E-state index contributed by atoms with van der Waals surface area (Å²) in [5.41, 5.74) is 6.69. The van der Waals surface area contributed by atoms with E-state index in [1.807, 2.05) is 24.3 Å². The van der Waals surface area contributed by atoms with Crippen molar-refractivity contribution >= 4 is 22.4 Å². The highest BCUT2D eigenvalue weighted by Crippen LogP contribution is 2.27. The molecule has 2 aromatic rings. The molecule has 2 atom stereocenters. The Hall–Kier alpha value is -1.94. The molecule has 1 aliphatic rings. The second kappa shape index (κ2) is 4.97. The molecule has 2 unspecified atom stereocenters. The summed E-state index contributed by atoms with van der Waals surface area (Å²) < 4.78 is 0. The van der Waals surface area contributed by atoms with Gasteiger partial charge in [0.25, 0.3) is 0 Å². The lowest BCUT2D eigenvalue weighted by molar-refractivity contribution is -0.119. The second-order valence-electron chi connectivity index (χ2n) is 5.16. The van der Waals surface area contributed by atoms with Gasteiger partial charge in [0, 0.05) is 29.7 Å². The van der Waals surface area contributed by atoms with Crippen molar-refractivity contribution in [3.63, 3.8) is 0 Å². The molecule has 19 heavy (non-hydrogen) atoms. The van der Waals surface area contributed by atoms with E-state index in [4.69, 9.17) is 5.73 Å². The van der Waals surface area contributed by atoms with E-state index in [0.29, 0.717) is 0 Å². The molecular weight excluding hydrogens is 238 g/mol. The molecule has 0 aliphatic heterocycles. The maximum Gasteiger partial charge on any atom is 0.227 e. The maximum atomic E-state index is 12.2. The summed E-state index contributed by atoms with van der Waals surface area (Å²) in [7, 11) is 0. The number of nitrogens with zero attached hydrogens (tertiary/aromatic N) is 1. The van der Waals surface area contributed by atoms with Crippen LogP contribution in [0.4, 0.5) is 5.69 Å². The SMILES string of the molecule is NC1CCC(C(=O)Nc2cccc3ccncc23)C1. The van der Waals surface area contributed by atoms with Gasteiger partial charge < -0.3 is 11.1 Å². The van der Waals surface area contributed by atoms with E-state index in [9.17, 15) is 4.79 Å². The Balaban J connectivity index is 1.83. The molecule has 1 aromatic heterocycles. The summed E-state index contributed by atoms with van der Waals surface area (Å²) in [5.74, 6) is 0.117. The van der Waals surface area contributed by atoms with Gasteiger partial charge in [0.2, 0.25) is 5.91 Å². The molecule has 0 spiro atoms. The molecule has 1 aliphatic carbocycles. The molecule has 1 fully saturated rings. The Morgan fingerprint density at radius 3 is 3.00 bits per heavy atom. The minimum absolute atomic E-state index is 0.0435. The zero-order valence-corrected chi connectivity index (χ0v) is 10.7. The average Bonchev–Trinajstić information content (AvgIpc) is 2.86. The Morgan fingerprint density at radius 2 is 2.21 bits per heavy atom. The molecule has 0 radical (unpaired) electrons. The summed E-state index contributed by atoms with van der Waals surface area (Å²) >= 11 is 0. The van der Waals surface area contributed by atoms with Gasteiger partial charge in [0.15, 0.2) is 0 Å². The van der Waals surface area contributed by atoms with Gasteiger partial charge in [0.05, 0.1) is 5.69 Å². The van der Waals surface area contributed by atoms with E-state index in [1.54, 1.807) is 12.4 Å². The van der Waals surface area contributed by atoms with Gasteiger partial charge in [-0.2, -0.15) is 0 Å². The predicted octanol–water partition coefficient (Wildman–Crippen LogP) is 2.30. The lowest BCUT2D eigenvalue weighted by atomic mass is 10.1. The number of aromatic nitrogens is 1. The number of fused-ring (bicyclic) bond motifs is 1. The monoisotopic (exact) mass is 255 g/mol. The van der Waals surface area contributed by atoms with E-state index in [-0.39, 0.29) is 17.9 Å². The van der Waals surface area contributed by atoms with Crippen molar-refractivity contribution in [3.05, 3.63) is 36.7 Å². The summed E-state index contributed by atoms with van der Waals surface area (Å²) in [6, 6.07) is 7.98. The fourth-order valence-electron chi connectivity index (χ4n) is 2.71. The Kier molecular flexibility index (Phi) is 3.17. The third-order valence-corrected chi connectivity index (χ3v) is 3.79. The fraction of sp³-hybridized carbons (Fsp3) is 0.333. The van der Waals surface area contributed by atoms with Crippen molar-refractivity contribution in [1.82, 2.24) is 4.98 Å². The van der Waals surface area contributed by atoms with Gasteiger partial charge in [-0.1, -0.05) is 12.1 Å². The topological polar surface area (TPSA) is 68.0 Å². The number of rotatable bonds is 2. The average molecular weight is 255 g/mol. The molecule has 0 bridgehead atoms. The molecule has 1 amide bonds. The third kappa shape index (κ3) is 2.44. The van der Waals surface area contributed by atoms with Crippen LogP contribution in [0.2, 0.25) is 0 Å². The van der Waals surface area contributed by atoms with Crippen molar-refractivity contribution in [3.8, 4) is 0 Å². The first-order valence-corrected chi connectivity index (χ1v) is 6.63. The highest BCUT2D eigenvalue weighted by molar-refractivity contribution is 6.02. The fourth-order valence-corrected chi connectivity index (χ4v) is 2.71. The van der Waals surface area contributed by atoms with Crippen LogP contribution in [0.5, 0.6) is 0 Å². The number of hydrogen-bond donors (Lipinski definition) is 2. The predicted molar refractivity (Wildman–Crippen MR) is 75.7 cm³/mol. The molecule has 4 heteroatoms. The second-order valence-corrected chi connectivity index (χ2v) is 5.16. The van der Waals surface area contributed by atoms with Crippen LogP contribution in [0.15, 0.2) is 36.7 Å². The Morgan fingerprint density at radius 1 is 1.32 bits per heavy atom. The Bertz CT molecular complexity index is 606. The highest BCUT2D eigenvalue weighted by Gasteiger charge is 2.27. The first kappa shape index (κ1) is 12.1. The zero-order chi connectivity index (χ0) is 13.2. The normalized spacial score (nSPS) is 22.6. The van der Waals surface area contributed by atoms with E-state index in [1.165, 1.54) is 0 Å². The number of benzene rings is 1. The van der Waals surface area contributed by atoms with Gasteiger partial charge in [0.1, 0.15) is 0 Å². The zero-order valence-electron chi connectivity index (χ0n) is 10.7. The molecular formula is C15H17N3O. The van der Waals surface area contributed by atoms with Crippen molar-refractivity contribution in [1.29, 1.82) is 0 Å². The van der Waals surface area contributed by atoms with Gasteiger partial charge in [-0.25, -0.2) is 0 Å². The van der Waals surface area contributed by atoms with Crippen LogP contribution >= 0.6 is 0 Å². The molecule has 1 saturated carbocycles. The van der Waals surface area contributed by atoms with E-state index < -0.39 is 0 Å². The summed E-state index contributed by atoms with van der Waals surface area (Å²) in [6.45, 7) is 0. The number of hydrogen-bond acceptors (Lipinski definition) is 3. The highest BCUT2D eigenvalue weighted by atomic mass is 16.1. The quantitative estimate of drug-likeness (QED) is 0.865. The maximum absolute atomic E-state index is 12.2. The Labute approximate surface area is 112 Å². The summed E-state index contributed by atoms with van der Waals surface area (Å²) in [4.78, 5) is 16.3. The number of carbonyl (C=O) groups is 1. The molecule has 3 N–H and O–H groups in total. The third-order valence-electron chi connectivity index (χ3n) is 3.79. The minimum atomic E-state index is 0.0435. The van der Waals surface area contributed by atoms with E-state index in [2.05, 4.69) is 10.3 Å². The standard InChI is InChI=1S/C15H17N3O/c16-12-5-4-11(8-12)15(19)18-14-3-1-2-10-6-7-17-9-13(10)14/h1-3,6-7,9,11-12H,4-5,8,16H2,(H,18,19). The van der Waals surface area contributed by atoms with Crippen LogP contribution in [-0.2, 0) is 4.79 Å². The molecule has 3 rings (SSSR count). The van der Waals surface area contributed by atoms with Gasteiger partial charge >= 0.3 is 0 Å².